The van der Waals surface area contributed by atoms with Gasteiger partial charge in [-0.1, -0.05) is 41.4 Å². The smallest absolute Gasteiger partial charge is 0.137 e. The van der Waals surface area contributed by atoms with Gasteiger partial charge in [0.05, 0.1) is 18.2 Å². The van der Waals surface area contributed by atoms with Crippen molar-refractivity contribution in [1.82, 2.24) is 5.43 Å². The van der Waals surface area contributed by atoms with Crippen LogP contribution >= 0.6 is 23.2 Å². The van der Waals surface area contributed by atoms with E-state index in [1.807, 2.05) is 36.4 Å². The first-order valence-electron chi connectivity index (χ1n) is 5.70. The second kappa shape index (κ2) is 6.26. The maximum absolute atomic E-state index is 6.02. The Morgan fingerprint density at radius 2 is 1.68 bits per heavy atom. The van der Waals surface area contributed by atoms with Crippen LogP contribution in [0.3, 0.4) is 0 Å². The third-order valence-electron chi connectivity index (χ3n) is 2.88. The van der Waals surface area contributed by atoms with Gasteiger partial charge >= 0.3 is 0 Å². The van der Waals surface area contributed by atoms with E-state index in [4.69, 9.17) is 33.8 Å². The molecule has 0 aliphatic carbocycles. The molecule has 1 atom stereocenters. The average Bonchev–Trinajstić information content (AvgIpc) is 2.43. The molecule has 5 heteroatoms. The Balaban J connectivity index is 2.39. The van der Waals surface area contributed by atoms with Crippen LogP contribution in [0, 0.1) is 0 Å². The molecular formula is C14H14Cl2N2O. The summed E-state index contributed by atoms with van der Waals surface area (Å²) in [5.41, 5.74) is 4.76. The van der Waals surface area contributed by atoms with Gasteiger partial charge in [-0.25, -0.2) is 5.43 Å². The predicted octanol–water partition coefficient (Wildman–Crippen LogP) is 3.55. The molecule has 2 aromatic carbocycles. The molecule has 1 unspecified atom stereocenters. The number of halogens is 2. The van der Waals surface area contributed by atoms with Crippen LogP contribution in [0.2, 0.25) is 10.0 Å². The first kappa shape index (κ1) is 14.2. The van der Waals surface area contributed by atoms with Gasteiger partial charge in [-0.05, 0) is 35.4 Å². The second-order valence-electron chi connectivity index (χ2n) is 4.05. The molecule has 0 radical (unpaired) electrons. The summed E-state index contributed by atoms with van der Waals surface area (Å²) < 4.78 is 5.21. The fourth-order valence-electron chi connectivity index (χ4n) is 1.90. The van der Waals surface area contributed by atoms with Crippen LogP contribution in [0.1, 0.15) is 17.2 Å². The van der Waals surface area contributed by atoms with Gasteiger partial charge < -0.3 is 4.74 Å². The van der Waals surface area contributed by atoms with Crippen LogP contribution in [0.15, 0.2) is 42.5 Å². The van der Waals surface area contributed by atoms with Gasteiger partial charge in [0.1, 0.15) is 5.75 Å². The summed E-state index contributed by atoms with van der Waals surface area (Å²) in [4.78, 5) is 0. The highest BCUT2D eigenvalue weighted by molar-refractivity contribution is 6.32. The number of hydrogen-bond acceptors (Lipinski definition) is 3. The second-order valence-corrected chi connectivity index (χ2v) is 4.89. The van der Waals surface area contributed by atoms with Gasteiger partial charge in [0.25, 0.3) is 0 Å². The molecule has 0 spiro atoms. The number of methoxy groups -OCH3 is 1. The van der Waals surface area contributed by atoms with Crippen molar-refractivity contribution in [2.75, 3.05) is 7.11 Å². The molecule has 19 heavy (non-hydrogen) atoms. The van der Waals surface area contributed by atoms with Crippen molar-refractivity contribution in [3.8, 4) is 5.75 Å². The van der Waals surface area contributed by atoms with E-state index >= 15 is 0 Å². The SMILES string of the molecule is COc1cc(C(NN)c2ccc(Cl)cc2)ccc1Cl. The number of hydrazine groups is 1. The summed E-state index contributed by atoms with van der Waals surface area (Å²) in [5, 5.41) is 1.26. The van der Waals surface area contributed by atoms with Crippen molar-refractivity contribution in [3.05, 3.63) is 63.6 Å². The zero-order valence-electron chi connectivity index (χ0n) is 10.4. The zero-order chi connectivity index (χ0) is 13.8. The number of ether oxygens (including phenoxy) is 1. The summed E-state index contributed by atoms with van der Waals surface area (Å²) in [5.74, 6) is 6.27. The van der Waals surface area contributed by atoms with E-state index in [-0.39, 0.29) is 6.04 Å². The van der Waals surface area contributed by atoms with Crippen molar-refractivity contribution in [2.45, 2.75) is 6.04 Å². The fourth-order valence-corrected chi connectivity index (χ4v) is 2.22. The molecule has 0 aliphatic heterocycles. The van der Waals surface area contributed by atoms with Crippen molar-refractivity contribution in [3.63, 3.8) is 0 Å². The maximum Gasteiger partial charge on any atom is 0.137 e. The van der Waals surface area contributed by atoms with Crippen molar-refractivity contribution >= 4 is 23.2 Å². The number of rotatable bonds is 4. The van der Waals surface area contributed by atoms with E-state index in [9.17, 15) is 0 Å². The molecule has 100 valence electrons. The lowest BCUT2D eigenvalue weighted by Crippen LogP contribution is -2.28. The summed E-state index contributed by atoms with van der Waals surface area (Å²) in [6.45, 7) is 0. The van der Waals surface area contributed by atoms with Gasteiger partial charge in [-0.15, -0.1) is 0 Å². The van der Waals surface area contributed by atoms with E-state index in [1.165, 1.54) is 0 Å². The molecule has 3 N–H and O–H groups in total. The summed E-state index contributed by atoms with van der Waals surface area (Å²) in [7, 11) is 1.58. The molecule has 0 fully saturated rings. The first-order chi connectivity index (χ1) is 9.15. The lowest BCUT2D eigenvalue weighted by molar-refractivity contribution is 0.414. The molecule has 0 aliphatic rings. The molecule has 0 saturated heterocycles. The average molecular weight is 297 g/mol. The van der Waals surface area contributed by atoms with Crippen LogP contribution < -0.4 is 16.0 Å². The fraction of sp³-hybridized carbons (Fsp3) is 0.143. The Hall–Kier alpha value is -1.26. The lowest BCUT2D eigenvalue weighted by Gasteiger charge is -2.18. The van der Waals surface area contributed by atoms with Gasteiger partial charge in [-0.3, -0.25) is 5.84 Å². The Morgan fingerprint density at radius 1 is 1.05 bits per heavy atom. The molecule has 0 aromatic heterocycles. The van der Waals surface area contributed by atoms with E-state index < -0.39 is 0 Å². The summed E-state index contributed by atoms with van der Waals surface area (Å²) in [6, 6.07) is 12.9. The van der Waals surface area contributed by atoms with Crippen molar-refractivity contribution in [1.29, 1.82) is 0 Å². The minimum absolute atomic E-state index is 0.150. The monoisotopic (exact) mass is 296 g/mol. The Bertz CT molecular complexity index is 558. The van der Waals surface area contributed by atoms with Crippen LogP contribution in [0.25, 0.3) is 0 Å². The topological polar surface area (TPSA) is 47.3 Å². The number of hydrogen-bond donors (Lipinski definition) is 2. The molecular weight excluding hydrogens is 283 g/mol. The van der Waals surface area contributed by atoms with Gasteiger partial charge in [-0.2, -0.15) is 0 Å². The molecule has 0 bridgehead atoms. The normalized spacial score (nSPS) is 12.2. The molecule has 2 aromatic rings. The molecule has 0 amide bonds. The highest BCUT2D eigenvalue weighted by atomic mass is 35.5. The lowest BCUT2D eigenvalue weighted by atomic mass is 9.99. The highest BCUT2D eigenvalue weighted by Gasteiger charge is 2.14. The number of nitrogens with one attached hydrogen (secondary N) is 1. The molecule has 0 saturated carbocycles. The zero-order valence-corrected chi connectivity index (χ0v) is 11.9. The van der Waals surface area contributed by atoms with E-state index in [2.05, 4.69) is 5.43 Å². The Labute approximate surface area is 122 Å². The predicted molar refractivity (Wildman–Crippen MR) is 78.6 cm³/mol. The van der Waals surface area contributed by atoms with Gasteiger partial charge in [0, 0.05) is 5.02 Å². The summed E-state index contributed by atoms with van der Waals surface area (Å²) in [6.07, 6.45) is 0. The quantitative estimate of drug-likeness (QED) is 0.670. The van der Waals surface area contributed by atoms with Gasteiger partial charge in [0.15, 0.2) is 0 Å². The van der Waals surface area contributed by atoms with Crippen LogP contribution in [-0.2, 0) is 0 Å². The van der Waals surface area contributed by atoms with E-state index in [1.54, 1.807) is 13.2 Å². The minimum atomic E-state index is -0.150. The van der Waals surface area contributed by atoms with E-state index in [0.717, 1.165) is 11.1 Å². The van der Waals surface area contributed by atoms with Crippen LogP contribution in [0.5, 0.6) is 5.75 Å². The van der Waals surface area contributed by atoms with Crippen molar-refractivity contribution in [2.24, 2.45) is 5.84 Å². The van der Waals surface area contributed by atoms with Gasteiger partial charge in [0.2, 0.25) is 0 Å². The number of benzene rings is 2. The standard InChI is InChI=1S/C14H14Cl2N2O/c1-19-13-8-10(4-7-12(13)16)14(18-17)9-2-5-11(15)6-3-9/h2-8,14,18H,17H2,1H3. The largest absolute Gasteiger partial charge is 0.495 e. The van der Waals surface area contributed by atoms with Crippen molar-refractivity contribution < 1.29 is 4.74 Å². The summed E-state index contributed by atoms with van der Waals surface area (Å²) >= 11 is 11.9. The maximum atomic E-state index is 6.02. The third kappa shape index (κ3) is 3.19. The third-order valence-corrected chi connectivity index (χ3v) is 3.44. The molecule has 3 nitrogen and oxygen atoms in total. The van der Waals surface area contributed by atoms with Crippen LogP contribution in [-0.4, -0.2) is 7.11 Å². The minimum Gasteiger partial charge on any atom is -0.495 e. The number of nitrogens with two attached hydrogens (primary N) is 1. The Kier molecular flexibility index (Phi) is 4.66. The first-order valence-corrected chi connectivity index (χ1v) is 6.46. The molecule has 0 heterocycles. The highest BCUT2D eigenvalue weighted by Crippen LogP contribution is 2.30. The van der Waals surface area contributed by atoms with Crippen LogP contribution in [0.4, 0.5) is 0 Å². The molecule has 2 rings (SSSR count). The van der Waals surface area contributed by atoms with E-state index in [0.29, 0.717) is 15.8 Å². The Morgan fingerprint density at radius 3 is 2.26 bits per heavy atom.